The molecule has 0 spiro atoms. The molecule has 6 nitrogen and oxygen atoms in total. The number of amides is 3. The number of carbonyl (C=O) groups is 2. The highest BCUT2D eigenvalue weighted by molar-refractivity contribution is 6.06. The summed E-state index contributed by atoms with van der Waals surface area (Å²) in [6.07, 6.45) is 0.770. The third-order valence-corrected chi connectivity index (χ3v) is 2.88. The molecule has 0 aromatic heterocycles. The van der Waals surface area contributed by atoms with E-state index in [0.29, 0.717) is 13.1 Å². The van der Waals surface area contributed by atoms with E-state index in [0.717, 1.165) is 19.5 Å². The van der Waals surface area contributed by atoms with Crippen LogP contribution in [0.3, 0.4) is 0 Å². The lowest BCUT2D eigenvalue weighted by Gasteiger charge is -2.18. The number of hydrogen-bond acceptors (Lipinski definition) is 4. The average molecular weight is 242 g/mol. The number of rotatable bonds is 6. The molecule has 1 rings (SSSR count). The first-order chi connectivity index (χ1) is 7.88. The van der Waals surface area contributed by atoms with Crippen LogP contribution >= 0.6 is 0 Å². The smallest absolute Gasteiger partial charge is 0.325 e. The number of hydrogen-bond donors (Lipinski definition) is 2. The Balaban J connectivity index is 2.38. The van der Waals surface area contributed by atoms with Crippen LogP contribution in [0.5, 0.6) is 0 Å². The van der Waals surface area contributed by atoms with Gasteiger partial charge in [0.15, 0.2) is 0 Å². The molecule has 0 aromatic rings. The fourth-order valence-electron chi connectivity index (χ4n) is 1.85. The van der Waals surface area contributed by atoms with E-state index >= 15 is 0 Å². The van der Waals surface area contributed by atoms with E-state index in [9.17, 15) is 9.59 Å². The Hall–Kier alpha value is -1.14. The number of likely N-dealkylation sites (N-methyl/N-ethyl adjacent to an activating group) is 1. The van der Waals surface area contributed by atoms with E-state index in [1.165, 1.54) is 4.90 Å². The Morgan fingerprint density at radius 3 is 2.47 bits per heavy atom. The van der Waals surface area contributed by atoms with Gasteiger partial charge in [0, 0.05) is 19.6 Å². The second-order valence-corrected chi connectivity index (χ2v) is 4.96. The standard InChI is InChI=1S/C11H22N4O2/c1-11(2)9(16)15(10(17)13-11)7-4-6-14(3)8-5-12/h4-8,12H2,1-3H3,(H,13,17). The van der Waals surface area contributed by atoms with Crippen LogP contribution in [0, 0.1) is 0 Å². The van der Waals surface area contributed by atoms with Crippen molar-refractivity contribution < 1.29 is 9.59 Å². The van der Waals surface area contributed by atoms with Crippen LogP contribution in [0.25, 0.3) is 0 Å². The van der Waals surface area contributed by atoms with Crippen molar-refractivity contribution in [2.24, 2.45) is 5.73 Å². The molecule has 0 saturated carbocycles. The molecular formula is C11H22N4O2. The van der Waals surface area contributed by atoms with E-state index in [-0.39, 0.29) is 11.9 Å². The Labute approximate surface area is 102 Å². The molecule has 1 aliphatic heterocycles. The zero-order valence-electron chi connectivity index (χ0n) is 10.8. The van der Waals surface area contributed by atoms with Gasteiger partial charge >= 0.3 is 6.03 Å². The van der Waals surface area contributed by atoms with Crippen LogP contribution in [0.1, 0.15) is 20.3 Å². The topological polar surface area (TPSA) is 78.7 Å². The van der Waals surface area contributed by atoms with Crippen molar-refractivity contribution in [2.75, 3.05) is 33.2 Å². The summed E-state index contributed by atoms with van der Waals surface area (Å²) in [4.78, 5) is 26.8. The van der Waals surface area contributed by atoms with Gasteiger partial charge in [0.1, 0.15) is 5.54 Å². The Morgan fingerprint density at radius 1 is 1.35 bits per heavy atom. The molecule has 17 heavy (non-hydrogen) atoms. The lowest BCUT2D eigenvalue weighted by molar-refractivity contribution is -0.130. The summed E-state index contributed by atoms with van der Waals surface area (Å²) in [6.45, 7) is 6.16. The lowest BCUT2D eigenvalue weighted by atomic mass is 10.1. The first-order valence-electron chi connectivity index (χ1n) is 5.91. The minimum absolute atomic E-state index is 0.149. The van der Waals surface area contributed by atoms with Crippen molar-refractivity contribution in [2.45, 2.75) is 25.8 Å². The van der Waals surface area contributed by atoms with Crippen molar-refractivity contribution in [3.05, 3.63) is 0 Å². The Bertz CT molecular complexity index is 304. The van der Waals surface area contributed by atoms with Crippen LogP contribution < -0.4 is 11.1 Å². The summed E-state index contributed by atoms with van der Waals surface area (Å²) in [5.41, 5.74) is 4.67. The van der Waals surface area contributed by atoms with Gasteiger partial charge in [-0.15, -0.1) is 0 Å². The Kier molecular flexibility index (Phi) is 4.47. The van der Waals surface area contributed by atoms with Crippen LogP contribution in [0.2, 0.25) is 0 Å². The predicted octanol–water partition coefficient (Wildman–Crippen LogP) is -0.403. The molecule has 0 aliphatic carbocycles. The number of carbonyl (C=O) groups excluding carboxylic acids is 2. The maximum absolute atomic E-state index is 11.8. The van der Waals surface area contributed by atoms with Crippen LogP contribution in [0.15, 0.2) is 0 Å². The van der Waals surface area contributed by atoms with E-state index in [1.54, 1.807) is 13.8 Å². The zero-order chi connectivity index (χ0) is 13.1. The average Bonchev–Trinajstić information content (AvgIpc) is 2.40. The molecule has 3 amide bonds. The molecule has 0 radical (unpaired) electrons. The second kappa shape index (κ2) is 5.46. The van der Waals surface area contributed by atoms with Gasteiger partial charge in [-0.25, -0.2) is 4.79 Å². The van der Waals surface area contributed by atoms with Crippen LogP contribution in [-0.4, -0.2) is 60.5 Å². The van der Waals surface area contributed by atoms with E-state index in [2.05, 4.69) is 10.2 Å². The van der Waals surface area contributed by atoms with Gasteiger partial charge in [0.25, 0.3) is 5.91 Å². The van der Waals surface area contributed by atoms with Gasteiger partial charge in [-0.1, -0.05) is 0 Å². The third-order valence-electron chi connectivity index (χ3n) is 2.88. The number of imide groups is 1. The normalized spacial score (nSPS) is 19.0. The quantitative estimate of drug-likeness (QED) is 0.621. The van der Waals surface area contributed by atoms with Crippen molar-refractivity contribution in [1.29, 1.82) is 0 Å². The van der Waals surface area contributed by atoms with Gasteiger partial charge in [-0.3, -0.25) is 9.69 Å². The fraction of sp³-hybridized carbons (Fsp3) is 0.818. The summed E-state index contributed by atoms with van der Waals surface area (Å²) in [6, 6.07) is -0.290. The van der Waals surface area contributed by atoms with Gasteiger partial charge < -0.3 is 16.0 Å². The molecule has 0 unspecified atom stereocenters. The summed E-state index contributed by atoms with van der Waals surface area (Å²) in [7, 11) is 1.97. The summed E-state index contributed by atoms with van der Waals surface area (Å²) in [5, 5.41) is 2.66. The number of nitrogens with two attached hydrogens (primary N) is 1. The molecule has 1 aliphatic rings. The van der Waals surface area contributed by atoms with E-state index < -0.39 is 5.54 Å². The molecule has 0 bridgehead atoms. The molecule has 3 N–H and O–H groups in total. The number of urea groups is 1. The number of nitrogens with one attached hydrogen (secondary N) is 1. The van der Waals surface area contributed by atoms with Gasteiger partial charge in [-0.2, -0.15) is 0 Å². The van der Waals surface area contributed by atoms with Gasteiger partial charge in [0.05, 0.1) is 0 Å². The molecule has 1 heterocycles. The molecule has 6 heteroatoms. The van der Waals surface area contributed by atoms with Crippen LogP contribution in [0.4, 0.5) is 4.79 Å². The molecule has 0 atom stereocenters. The van der Waals surface area contributed by atoms with Crippen molar-refractivity contribution in [3.8, 4) is 0 Å². The van der Waals surface area contributed by atoms with Crippen LogP contribution in [-0.2, 0) is 4.79 Å². The highest BCUT2D eigenvalue weighted by Crippen LogP contribution is 2.16. The maximum Gasteiger partial charge on any atom is 0.325 e. The SMILES string of the molecule is CN(CCN)CCCN1C(=O)NC(C)(C)C1=O. The van der Waals surface area contributed by atoms with Gasteiger partial charge in [-0.05, 0) is 33.9 Å². The van der Waals surface area contributed by atoms with Crippen molar-refractivity contribution in [3.63, 3.8) is 0 Å². The molecule has 98 valence electrons. The largest absolute Gasteiger partial charge is 0.329 e. The van der Waals surface area contributed by atoms with E-state index in [1.807, 2.05) is 7.05 Å². The second-order valence-electron chi connectivity index (χ2n) is 4.96. The molecular weight excluding hydrogens is 220 g/mol. The van der Waals surface area contributed by atoms with Crippen molar-refractivity contribution >= 4 is 11.9 Å². The lowest BCUT2D eigenvalue weighted by Crippen LogP contribution is -2.40. The molecule has 1 fully saturated rings. The third kappa shape index (κ3) is 3.41. The first kappa shape index (κ1) is 13.9. The van der Waals surface area contributed by atoms with E-state index in [4.69, 9.17) is 5.73 Å². The molecule has 1 saturated heterocycles. The first-order valence-corrected chi connectivity index (χ1v) is 5.91. The van der Waals surface area contributed by atoms with Crippen molar-refractivity contribution in [1.82, 2.24) is 15.1 Å². The summed E-state index contributed by atoms with van der Waals surface area (Å²) < 4.78 is 0. The number of nitrogens with zero attached hydrogens (tertiary/aromatic N) is 2. The zero-order valence-corrected chi connectivity index (χ0v) is 10.8. The van der Waals surface area contributed by atoms with Gasteiger partial charge in [0.2, 0.25) is 0 Å². The fourth-order valence-corrected chi connectivity index (χ4v) is 1.85. The minimum Gasteiger partial charge on any atom is -0.329 e. The monoisotopic (exact) mass is 242 g/mol. The minimum atomic E-state index is -0.764. The highest BCUT2D eigenvalue weighted by Gasteiger charge is 2.43. The Morgan fingerprint density at radius 2 is 2.00 bits per heavy atom. The maximum atomic E-state index is 11.8. The predicted molar refractivity (Wildman–Crippen MR) is 65.5 cm³/mol. The molecule has 0 aromatic carbocycles. The summed E-state index contributed by atoms with van der Waals surface area (Å²) >= 11 is 0. The summed E-state index contributed by atoms with van der Waals surface area (Å²) in [5.74, 6) is -0.149. The highest BCUT2D eigenvalue weighted by atomic mass is 16.2.